The van der Waals surface area contributed by atoms with Crippen LogP contribution in [0.3, 0.4) is 0 Å². The molecule has 4 aromatic carbocycles. The zero-order valence-electron chi connectivity index (χ0n) is 38.5. The fourth-order valence-corrected chi connectivity index (χ4v) is 6.88. The summed E-state index contributed by atoms with van der Waals surface area (Å²) in [5, 5.41) is 0. The molecule has 4 fully saturated rings. The molecule has 388 valence electrons. The molecule has 12 nitrogen and oxygen atoms in total. The molecule has 8 rings (SSSR count). The van der Waals surface area contributed by atoms with Gasteiger partial charge in [-0.1, -0.05) is 113 Å². The van der Waals surface area contributed by atoms with Gasteiger partial charge >= 0.3 is 0 Å². The molecule has 0 spiro atoms. The Morgan fingerprint density at radius 1 is 0.406 bits per heavy atom. The van der Waals surface area contributed by atoms with Crippen molar-refractivity contribution < 1.29 is 56.8 Å². The summed E-state index contributed by atoms with van der Waals surface area (Å²) >= 11 is 0. The van der Waals surface area contributed by atoms with Crippen LogP contribution in [0, 0.1) is 0 Å². The fraction of sp³-hybridized carbons (Fsp3) is 0.579. The Hall–Kier alpha value is -4.24. The van der Waals surface area contributed by atoms with Crippen LogP contribution in [0.4, 0.5) is 0 Å². The second-order valence-electron chi connectivity index (χ2n) is 17.9. The van der Waals surface area contributed by atoms with Crippen molar-refractivity contribution >= 4 is 0 Å². The standard InChI is InChI=1S/C27H36O6.C25H32O6.5CH4/c1-19(29-16-26-18-32-26)14-30-23-9-5-21(6-10-23)27(3,4)22-7-11-24(12-8-22)33-20(2)13-28-15-25-17-31-25;1-25(2,19-3-7-21(8-4-19)28-13-11-26-15-23-17-30-23)20-5-9-22(10-6-20)29-14-12-27-16-24-18-31-24;;;;;/h5-12,19-20,25-26H,13-18H2,1-4H3;3-10,23-24H,11-18H2,1-2H3;5*1H4. The lowest BCUT2D eigenvalue weighted by molar-refractivity contribution is 0.0241. The van der Waals surface area contributed by atoms with Gasteiger partial charge in [-0.15, -0.1) is 0 Å². The molecule has 4 saturated heterocycles. The molecule has 4 aromatic rings. The van der Waals surface area contributed by atoms with Crippen LogP contribution in [0.1, 0.15) is 101 Å². The molecule has 69 heavy (non-hydrogen) atoms. The maximum absolute atomic E-state index is 5.99. The van der Waals surface area contributed by atoms with E-state index in [4.69, 9.17) is 56.8 Å². The minimum absolute atomic E-state index is 0. The van der Waals surface area contributed by atoms with E-state index in [1.807, 2.05) is 62.4 Å². The number of benzene rings is 4. The van der Waals surface area contributed by atoms with E-state index in [0.717, 1.165) is 49.4 Å². The van der Waals surface area contributed by atoms with E-state index in [2.05, 4.69) is 76.2 Å². The molecule has 12 heteroatoms. The summed E-state index contributed by atoms with van der Waals surface area (Å²) in [5.41, 5.74) is 4.64. The SMILES string of the molecule is C.C.C.C.C.CC(C)(c1ccc(OCCOCC2CO2)cc1)c1ccc(OCCOCC2CO2)cc1.CC(COc1ccc(C(C)(C)c2ccc(OC(C)COCC3CO3)cc2)cc1)OCC1CO1. The topological polar surface area (TPSA) is 124 Å². The zero-order chi connectivity index (χ0) is 44.8. The van der Waals surface area contributed by atoms with Crippen molar-refractivity contribution in [1.82, 2.24) is 0 Å². The maximum atomic E-state index is 5.99. The lowest BCUT2D eigenvalue weighted by atomic mass is 9.78. The van der Waals surface area contributed by atoms with Gasteiger partial charge in [0, 0.05) is 10.8 Å². The van der Waals surface area contributed by atoms with E-state index in [9.17, 15) is 0 Å². The number of rotatable bonds is 28. The molecule has 0 amide bonds. The molecule has 6 atom stereocenters. The molecule has 0 saturated carbocycles. The molecular formula is C57H88O12. The number of epoxide rings is 4. The second-order valence-corrected chi connectivity index (χ2v) is 17.9. The van der Waals surface area contributed by atoms with Gasteiger partial charge in [0.25, 0.3) is 0 Å². The monoisotopic (exact) mass is 965 g/mol. The van der Waals surface area contributed by atoms with Gasteiger partial charge in [-0.25, -0.2) is 0 Å². The van der Waals surface area contributed by atoms with Crippen molar-refractivity contribution in [2.45, 2.75) is 126 Å². The lowest BCUT2D eigenvalue weighted by Crippen LogP contribution is -2.21. The van der Waals surface area contributed by atoms with Crippen molar-refractivity contribution in [3.05, 3.63) is 119 Å². The first-order valence-corrected chi connectivity index (χ1v) is 22.8. The van der Waals surface area contributed by atoms with Gasteiger partial charge in [-0.2, -0.15) is 0 Å². The summed E-state index contributed by atoms with van der Waals surface area (Å²) in [6.07, 6.45) is 1.18. The maximum Gasteiger partial charge on any atom is 0.119 e. The van der Waals surface area contributed by atoms with Crippen molar-refractivity contribution in [3.8, 4) is 23.0 Å². The van der Waals surface area contributed by atoms with E-state index in [1.54, 1.807) is 0 Å². The van der Waals surface area contributed by atoms with E-state index < -0.39 is 0 Å². The van der Waals surface area contributed by atoms with Crippen LogP contribution in [0.15, 0.2) is 97.1 Å². The minimum Gasteiger partial charge on any atom is -0.491 e. The van der Waals surface area contributed by atoms with Gasteiger partial charge in [0.1, 0.15) is 73.3 Å². The predicted molar refractivity (Wildman–Crippen MR) is 277 cm³/mol. The average Bonchev–Trinajstić information content (AvgIpc) is 4.08. The first-order chi connectivity index (χ1) is 31.0. The highest BCUT2D eigenvalue weighted by Crippen LogP contribution is 2.35. The summed E-state index contributed by atoms with van der Waals surface area (Å²) in [6.45, 7) is 22.1. The number of hydrogen-bond donors (Lipinski definition) is 0. The Morgan fingerprint density at radius 2 is 0.725 bits per heavy atom. The highest BCUT2D eigenvalue weighted by molar-refractivity contribution is 5.43. The van der Waals surface area contributed by atoms with Crippen molar-refractivity contribution in [3.63, 3.8) is 0 Å². The summed E-state index contributed by atoms with van der Waals surface area (Å²) in [7, 11) is 0. The quantitative estimate of drug-likeness (QED) is 0.0397. The first-order valence-electron chi connectivity index (χ1n) is 22.8. The van der Waals surface area contributed by atoms with Crippen molar-refractivity contribution in [1.29, 1.82) is 0 Å². The second kappa shape index (κ2) is 29.8. The Balaban J connectivity index is 0.000000442. The van der Waals surface area contributed by atoms with Crippen LogP contribution in [0.2, 0.25) is 0 Å². The largest absolute Gasteiger partial charge is 0.491 e. The van der Waals surface area contributed by atoms with Crippen LogP contribution >= 0.6 is 0 Å². The Kier molecular flexibility index (Phi) is 26.3. The Morgan fingerprint density at radius 3 is 1.09 bits per heavy atom. The number of ether oxygens (including phenoxy) is 12. The Labute approximate surface area is 416 Å². The number of hydrogen-bond acceptors (Lipinski definition) is 12. The van der Waals surface area contributed by atoms with E-state index in [0.29, 0.717) is 78.3 Å². The summed E-state index contributed by atoms with van der Waals surface area (Å²) in [4.78, 5) is 0. The third kappa shape index (κ3) is 20.9. The van der Waals surface area contributed by atoms with E-state index >= 15 is 0 Å². The molecule has 0 radical (unpaired) electrons. The normalized spacial score (nSPS) is 19.1. The third-order valence-electron chi connectivity index (χ3n) is 11.6. The van der Waals surface area contributed by atoms with Gasteiger partial charge in [0.2, 0.25) is 0 Å². The van der Waals surface area contributed by atoms with Crippen molar-refractivity contribution in [2.24, 2.45) is 0 Å². The average molecular weight is 965 g/mol. The highest BCUT2D eigenvalue weighted by Gasteiger charge is 2.27. The zero-order valence-corrected chi connectivity index (χ0v) is 38.5. The molecule has 4 aliphatic heterocycles. The van der Waals surface area contributed by atoms with Crippen LogP contribution in [0.5, 0.6) is 23.0 Å². The third-order valence-corrected chi connectivity index (χ3v) is 11.6. The van der Waals surface area contributed by atoms with Crippen LogP contribution in [-0.2, 0) is 48.7 Å². The first kappa shape index (κ1) is 60.9. The highest BCUT2D eigenvalue weighted by atomic mass is 16.6. The molecule has 4 heterocycles. The molecule has 0 bridgehead atoms. The van der Waals surface area contributed by atoms with Gasteiger partial charge in [0.15, 0.2) is 0 Å². The predicted octanol–water partition coefficient (Wildman–Crippen LogP) is 11.2. The van der Waals surface area contributed by atoms with Crippen LogP contribution in [0.25, 0.3) is 0 Å². The van der Waals surface area contributed by atoms with Crippen LogP contribution < -0.4 is 18.9 Å². The van der Waals surface area contributed by atoms with Crippen LogP contribution in [-0.4, -0.2) is 129 Å². The molecular weight excluding hydrogens is 877 g/mol. The van der Waals surface area contributed by atoms with Gasteiger partial charge in [-0.3, -0.25) is 0 Å². The molecule has 4 aliphatic rings. The summed E-state index contributed by atoms with van der Waals surface area (Å²) in [6, 6.07) is 33.2. The molecule has 6 unspecified atom stereocenters. The minimum atomic E-state index is -0.142. The molecule has 0 N–H and O–H groups in total. The Bertz CT molecular complexity index is 1870. The summed E-state index contributed by atoms with van der Waals surface area (Å²) < 4.78 is 66.3. The van der Waals surface area contributed by atoms with Crippen molar-refractivity contribution in [2.75, 3.05) is 92.5 Å². The smallest absolute Gasteiger partial charge is 0.119 e. The van der Waals surface area contributed by atoms with Gasteiger partial charge < -0.3 is 56.8 Å². The molecule has 0 aliphatic carbocycles. The van der Waals surface area contributed by atoms with E-state index in [1.165, 1.54) is 22.3 Å². The summed E-state index contributed by atoms with van der Waals surface area (Å²) in [5.74, 6) is 3.40. The van der Waals surface area contributed by atoms with E-state index in [-0.39, 0.29) is 72.4 Å². The van der Waals surface area contributed by atoms with Gasteiger partial charge in [-0.05, 0) is 84.6 Å². The van der Waals surface area contributed by atoms with Gasteiger partial charge in [0.05, 0.1) is 78.8 Å². The fourth-order valence-electron chi connectivity index (χ4n) is 6.88. The molecule has 0 aromatic heterocycles. The lowest BCUT2D eigenvalue weighted by Gasteiger charge is -2.27.